The lowest BCUT2D eigenvalue weighted by molar-refractivity contribution is 0.305. The molecule has 0 saturated carbocycles. The van der Waals surface area contributed by atoms with Crippen LogP contribution in [0.2, 0.25) is 0 Å². The lowest BCUT2D eigenvalue weighted by Crippen LogP contribution is -2.24. The second-order valence-corrected chi connectivity index (χ2v) is 8.00. The lowest BCUT2D eigenvalue weighted by Gasteiger charge is -2.15. The van der Waals surface area contributed by atoms with Gasteiger partial charge >= 0.3 is 0 Å². The summed E-state index contributed by atoms with van der Waals surface area (Å²) in [5, 5.41) is 5.65. The van der Waals surface area contributed by atoms with E-state index in [1.807, 2.05) is 65.5 Å². The summed E-state index contributed by atoms with van der Waals surface area (Å²) in [6, 6.07) is 19.3. The molecule has 0 N–H and O–H groups in total. The number of pyridine rings is 1. The molecule has 2 aromatic heterocycles. The molecule has 0 unspecified atom stereocenters. The number of rotatable bonds is 7. The molecule has 31 heavy (non-hydrogen) atoms. The van der Waals surface area contributed by atoms with Gasteiger partial charge in [-0.25, -0.2) is 0 Å². The quantitative estimate of drug-likeness (QED) is 0.461. The zero-order valence-electron chi connectivity index (χ0n) is 17.5. The zero-order valence-corrected chi connectivity index (χ0v) is 17.5. The Hall–Kier alpha value is -3.38. The van der Waals surface area contributed by atoms with Crippen molar-refractivity contribution >= 4 is 10.9 Å². The van der Waals surface area contributed by atoms with E-state index in [-0.39, 0.29) is 5.56 Å². The van der Waals surface area contributed by atoms with Gasteiger partial charge in [-0.2, -0.15) is 5.10 Å². The van der Waals surface area contributed by atoms with Crippen LogP contribution in [0, 0.1) is 0 Å². The first-order valence-electron chi connectivity index (χ1n) is 10.8. The number of likely N-dealkylation sites (tertiary alicyclic amines) is 1. The van der Waals surface area contributed by atoms with Crippen molar-refractivity contribution in [1.82, 2.24) is 19.2 Å². The van der Waals surface area contributed by atoms with Crippen LogP contribution in [0.4, 0.5) is 0 Å². The number of ether oxygens (including phenoxy) is 1. The molecule has 0 atom stereocenters. The van der Waals surface area contributed by atoms with E-state index in [9.17, 15) is 4.79 Å². The van der Waals surface area contributed by atoms with Crippen molar-refractivity contribution in [3.63, 3.8) is 0 Å². The SMILES string of the molecule is O=c1cc(OCc2ccccc2)ccn1-c1ccc2cnn(CCN3CCCC3)c2c1. The molecule has 0 radical (unpaired) electrons. The highest BCUT2D eigenvalue weighted by Crippen LogP contribution is 2.19. The summed E-state index contributed by atoms with van der Waals surface area (Å²) in [7, 11) is 0. The van der Waals surface area contributed by atoms with Gasteiger partial charge in [-0.05, 0) is 55.8 Å². The molecule has 0 bridgehead atoms. The third kappa shape index (κ3) is 4.39. The second kappa shape index (κ2) is 8.78. The summed E-state index contributed by atoms with van der Waals surface area (Å²) in [4.78, 5) is 15.2. The van der Waals surface area contributed by atoms with Gasteiger partial charge < -0.3 is 9.64 Å². The van der Waals surface area contributed by atoms with Crippen molar-refractivity contribution in [2.75, 3.05) is 19.6 Å². The Morgan fingerprint density at radius 2 is 1.77 bits per heavy atom. The Balaban J connectivity index is 1.34. The molecule has 3 heterocycles. The lowest BCUT2D eigenvalue weighted by atomic mass is 10.2. The fourth-order valence-corrected chi connectivity index (χ4v) is 4.13. The van der Waals surface area contributed by atoms with Gasteiger partial charge in [-0.3, -0.25) is 14.0 Å². The van der Waals surface area contributed by atoms with Gasteiger partial charge in [-0.15, -0.1) is 0 Å². The van der Waals surface area contributed by atoms with Crippen LogP contribution in [0.25, 0.3) is 16.6 Å². The minimum absolute atomic E-state index is 0.118. The fourth-order valence-electron chi connectivity index (χ4n) is 4.13. The van der Waals surface area contributed by atoms with Crippen LogP contribution in [0.5, 0.6) is 5.75 Å². The van der Waals surface area contributed by atoms with Gasteiger partial charge in [-0.1, -0.05) is 30.3 Å². The molecule has 158 valence electrons. The van der Waals surface area contributed by atoms with Crippen LogP contribution in [0.3, 0.4) is 0 Å². The number of fused-ring (bicyclic) bond motifs is 1. The predicted octanol–water partition coefficient (Wildman–Crippen LogP) is 3.86. The molecule has 0 amide bonds. The zero-order chi connectivity index (χ0) is 21.0. The van der Waals surface area contributed by atoms with Crippen LogP contribution >= 0.6 is 0 Å². The molecule has 1 fully saturated rings. The van der Waals surface area contributed by atoms with E-state index in [1.54, 1.807) is 10.8 Å². The third-order valence-electron chi connectivity index (χ3n) is 5.87. The average Bonchev–Trinajstić information content (AvgIpc) is 3.46. The minimum Gasteiger partial charge on any atom is -0.489 e. The van der Waals surface area contributed by atoms with E-state index in [0.717, 1.165) is 35.2 Å². The second-order valence-electron chi connectivity index (χ2n) is 8.00. The normalized spacial score (nSPS) is 14.3. The molecule has 0 spiro atoms. The first-order chi connectivity index (χ1) is 15.3. The Labute approximate surface area is 181 Å². The van der Waals surface area contributed by atoms with Crippen molar-refractivity contribution < 1.29 is 4.74 Å². The monoisotopic (exact) mass is 414 g/mol. The summed E-state index contributed by atoms with van der Waals surface area (Å²) >= 11 is 0. The summed E-state index contributed by atoms with van der Waals surface area (Å²) < 4.78 is 9.48. The first kappa shape index (κ1) is 19.6. The summed E-state index contributed by atoms with van der Waals surface area (Å²) in [6.45, 7) is 4.66. The smallest absolute Gasteiger partial charge is 0.258 e. The Morgan fingerprint density at radius 1 is 0.935 bits per heavy atom. The van der Waals surface area contributed by atoms with Crippen molar-refractivity contribution in [2.24, 2.45) is 0 Å². The maximum Gasteiger partial charge on any atom is 0.258 e. The molecule has 1 aliphatic heterocycles. The first-order valence-corrected chi connectivity index (χ1v) is 10.8. The number of aromatic nitrogens is 3. The van der Waals surface area contributed by atoms with Crippen LogP contribution in [0.15, 0.2) is 77.9 Å². The highest BCUT2D eigenvalue weighted by molar-refractivity contribution is 5.80. The molecule has 5 rings (SSSR count). The maximum atomic E-state index is 12.8. The average molecular weight is 415 g/mol. The van der Waals surface area contributed by atoms with Gasteiger partial charge in [0.15, 0.2) is 0 Å². The van der Waals surface area contributed by atoms with Crippen molar-refractivity contribution in [3.05, 3.63) is 89.0 Å². The standard InChI is InChI=1S/C25H26N4O2/c30-25-17-23(31-19-20-6-2-1-3-7-20)10-13-28(25)22-9-8-21-18-26-29(24(21)16-22)15-14-27-11-4-5-12-27/h1-3,6-10,13,16-18H,4-5,11-12,14-15,19H2. The van der Waals surface area contributed by atoms with Gasteiger partial charge in [0.1, 0.15) is 12.4 Å². The maximum absolute atomic E-state index is 12.8. The molecule has 2 aromatic carbocycles. The number of nitrogens with zero attached hydrogens (tertiary/aromatic N) is 4. The largest absolute Gasteiger partial charge is 0.489 e. The number of hydrogen-bond donors (Lipinski definition) is 0. The van der Waals surface area contributed by atoms with E-state index in [0.29, 0.717) is 12.4 Å². The summed E-state index contributed by atoms with van der Waals surface area (Å²) in [5.41, 5.74) is 2.83. The van der Waals surface area contributed by atoms with Gasteiger partial charge in [0.2, 0.25) is 0 Å². The van der Waals surface area contributed by atoms with E-state index < -0.39 is 0 Å². The summed E-state index contributed by atoms with van der Waals surface area (Å²) in [6.07, 6.45) is 6.25. The highest BCUT2D eigenvalue weighted by atomic mass is 16.5. The number of hydrogen-bond acceptors (Lipinski definition) is 4. The number of benzene rings is 2. The Bertz CT molecular complexity index is 1220. The molecule has 1 saturated heterocycles. The third-order valence-corrected chi connectivity index (χ3v) is 5.87. The van der Waals surface area contributed by atoms with Gasteiger partial charge in [0.25, 0.3) is 5.56 Å². The molecule has 6 nitrogen and oxygen atoms in total. The van der Waals surface area contributed by atoms with Crippen molar-refractivity contribution in [3.8, 4) is 11.4 Å². The van der Waals surface area contributed by atoms with Crippen LogP contribution in [-0.4, -0.2) is 38.9 Å². The van der Waals surface area contributed by atoms with E-state index in [4.69, 9.17) is 4.74 Å². The molecule has 4 aromatic rings. The van der Waals surface area contributed by atoms with Crippen LogP contribution < -0.4 is 10.3 Å². The topological polar surface area (TPSA) is 52.3 Å². The summed E-state index contributed by atoms with van der Waals surface area (Å²) in [5.74, 6) is 0.571. The molecular formula is C25H26N4O2. The van der Waals surface area contributed by atoms with Gasteiger partial charge in [0.05, 0.1) is 23.9 Å². The van der Waals surface area contributed by atoms with E-state index in [2.05, 4.69) is 10.00 Å². The predicted molar refractivity (Wildman–Crippen MR) is 122 cm³/mol. The molecule has 0 aliphatic carbocycles. The highest BCUT2D eigenvalue weighted by Gasteiger charge is 2.12. The van der Waals surface area contributed by atoms with Crippen LogP contribution in [0.1, 0.15) is 18.4 Å². The van der Waals surface area contributed by atoms with E-state index in [1.165, 1.54) is 32.0 Å². The van der Waals surface area contributed by atoms with Gasteiger partial charge in [0, 0.05) is 24.2 Å². The Kier molecular flexibility index (Phi) is 5.54. The van der Waals surface area contributed by atoms with E-state index >= 15 is 0 Å². The minimum atomic E-state index is -0.118. The van der Waals surface area contributed by atoms with Crippen LogP contribution in [-0.2, 0) is 13.2 Å². The van der Waals surface area contributed by atoms with Crippen molar-refractivity contribution in [1.29, 1.82) is 0 Å². The van der Waals surface area contributed by atoms with Crippen molar-refractivity contribution in [2.45, 2.75) is 26.0 Å². The fraction of sp³-hybridized carbons (Fsp3) is 0.280. The molecule has 1 aliphatic rings. The Morgan fingerprint density at radius 3 is 2.58 bits per heavy atom. The molecular weight excluding hydrogens is 388 g/mol. The molecule has 6 heteroatoms.